The molecule has 0 radical (unpaired) electrons. The van der Waals surface area contributed by atoms with Crippen LogP contribution < -0.4 is 14.5 Å². The van der Waals surface area contributed by atoms with Gasteiger partial charge in [0.2, 0.25) is 0 Å². The summed E-state index contributed by atoms with van der Waals surface area (Å²) in [6.07, 6.45) is 7.90. The highest BCUT2D eigenvalue weighted by Gasteiger charge is 2.46. The van der Waals surface area contributed by atoms with Crippen LogP contribution in [0, 0.1) is 6.85 Å². The lowest BCUT2D eigenvalue weighted by atomic mass is 9.60. The maximum absolute atomic E-state index is 8.06. The fraction of sp³-hybridized carbons (Fsp3) is 0.196. The van der Waals surface area contributed by atoms with Crippen LogP contribution in [0.4, 0.5) is 17.1 Å². The Bertz CT molecular complexity index is 2930. The van der Waals surface area contributed by atoms with E-state index in [2.05, 4.69) is 112 Å². The lowest BCUT2D eigenvalue weighted by Gasteiger charge is -2.43. The molecule has 5 heteroatoms. The second-order valence-corrected chi connectivity index (χ2v) is 15.9. The van der Waals surface area contributed by atoms with Gasteiger partial charge >= 0.3 is 0 Å². The van der Waals surface area contributed by atoms with Gasteiger partial charge in [0.05, 0.1) is 29.1 Å². The first-order valence-corrected chi connectivity index (χ1v) is 20.1. The van der Waals surface area contributed by atoms with Crippen molar-refractivity contribution in [3.63, 3.8) is 0 Å². The molecule has 1 saturated carbocycles. The van der Waals surface area contributed by atoms with Gasteiger partial charge in [0.25, 0.3) is 0 Å². The van der Waals surface area contributed by atoms with E-state index in [4.69, 9.17) is 8.85 Å². The van der Waals surface area contributed by atoms with E-state index in [1.54, 1.807) is 18.3 Å². The van der Waals surface area contributed by atoms with E-state index in [-0.39, 0.29) is 17.4 Å². The quantitative estimate of drug-likeness (QED) is 0.177. The van der Waals surface area contributed by atoms with Gasteiger partial charge in [-0.25, -0.2) is 4.98 Å². The number of aryl methyl sites for hydroxylation is 1. The Balaban J connectivity index is 0.966. The Morgan fingerprint density at radius 1 is 0.625 bits per heavy atom. The Morgan fingerprint density at radius 3 is 2.16 bits per heavy atom. The Labute approximate surface area is 331 Å². The molecule has 8 aromatic rings. The molecular formula is C51H42N4O. The number of hydrogen-bond acceptors (Lipinski definition) is 4. The molecule has 2 bridgehead atoms. The summed E-state index contributed by atoms with van der Waals surface area (Å²) in [6.45, 7) is -1.44. The normalized spacial score (nSPS) is 19.2. The van der Waals surface area contributed by atoms with Crippen LogP contribution in [0.2, 0.25) is 0 Å². The highest BCUT2D eigenvalue weighted by molar-refractivity contribution is 6.09. The Kier molecular flexibility index (Phi) is 6.40. The second kappa shape index (κ2) is 12.3. The van der Waals surface area contributed by atoms with E-state index < -0.39 is 6.85 Å². The minimum absolute atomic E-state index is 0.166. The predicted molar refractivity (Wildman–Crippen MR) is 227 cm³/mol. The molecule has 13 rings (SSSR count). The number of ether oxygens (including phenoxy) is 1. The highest BCUT2D eigenvalue weighted by atomic mass is 16.5. The molecule has 3 heterocycles. The summed E-state index contributed by atoms with van der Waals surface area (Å²) in [5.74, 6) is 2.39. The topological polar surface area (TPSA) is 33.5 Å². The van der Waals surface area contributed by atoms with Gasteiger partial charge in [0.15, 0.2) is 0 Å². The molecule has 0 atom stereocenters. The van der Waals surface area contributed by atoms with Crippen molar-refractivity contribution in [1.29, 1.82) is 0 Å². The summed E-state index contributed by atoms with van der Waals surface area (Å²) >= 11 is 0. The molecule has 0 saturated heterocycles. The van der Waals surface area contributed by atoms with Gasteiger partial charge in [-0.05, 0) is 107 Å². The van der Waals surface area contributed by atoms with Crippen LogP contribution in [0.1, 0.15) is 87.0 Å². The number of benzene rings is 6. The molecule has 0 amide bonds. The molecule has 2 aromatic heterocycles. The third kappa shape index (κ3) is 4.70. The van der Waals surface area contributed by atoms with Gasteiger partial charge in [0, 0.05) is 56.8 Å². The van der Waals surface area contributed by atoms with Crippen molar-refractivity contribution < 1.29 is 8.85 Å². The van der Waals surface area contributed by atoms with E-state index in [0.29, 0.717) is 17.6 Å². The van der Waals surface area contributed by atoms with Gasteiger partial charge in [0.1, 0.15) is 17.3 Å². The SMILES string of the molecule is [2H]C([2H])([2H])c1ccnc(-n2c3ccccc3c3ccc(Oc4cccc(N5CN(C6CCCCC6)c6ccc7c(c65)C5c6ccccc6C7c6ccccc65)c4)cc32)c1. The molecule has 6 aromatic carbocycles. The van der Waals surface area contributed by atoms with Crippen LogP contribution in [0.15, 0.2) is 146 Å². The van der Waals surface area contributed by atoms with E-state index in [0.717, 1.165) is 39.9 Å². The molecule has 1 fully saturated rings. The Morgan fingerprint density at radius 2 is 1.36 bits per heavy atom. The zero-order chi connectivity index (χ0) is 39.4. The summed E-state index contributed by atoms with van der Waals surface area (Å²) in [5, 5.41) is 2.11. The molecule has 0 unspecified atom stereocenters. The van der Waals surface area contributed by atoms with Crippen molar-refractivity contribution >= 4 is 38.9 Å². The summed E-state index contributed by atoms with van der Waals surface area (Å²) < 4.78 is 33.0. The number of nitrogens with zero attached hydrogens (tertiary/aromatic N) is 4. The van der Waals surface area contributed by atoms with Gasteiger partial charge in [-0.2, -0.15) is 0 Å². The minimum Gasteiger partial charge on any atom is -0.457 e. The van der Waals surface area contributed by atoms with Crippen molar-refractivity contribution in [1.82, 2.24) is 9.55 Å². The standard InChI is InChI=1S/C51H42N4O/c1-32-26-27-52-47(28-32)55-44-21-10-9-16-37(44)38-23-22-36(30-46(38)55)56-35-15-11-14-34(29-35)54-31-53(33-12-3-2-4-13-33)45-25-24-43-48-39-17-5-7-19-41(39)49(50(43)51(45)54)42-20-8-6-18-40(42)48/h5-11,14-30,33,48-49H,2-4,12-13,31H2,1H3/i1D3. The van der Waals surface area contributed by atoms with Crippen molar-refractivity contribution in [3.05, 3.63) is 185 Å². The molecule has 56 heavy (non-hydrogen) atoms. The number of aromatic nitrogens is 2. The van der Waals surface area contributed by atoms with E-state index in [9.17, 15) is 0 Å². The summed E-state index contributed by atoms with van der Waals surface area (Å²) in [6, 6.07) is 49.7. The maximum atomic E-state index is 8.06. The van der Waals surface area contributed by atoms with Crippen LogP contribution >= 0.6 is 0 Å². The third-order valence-electron chi connectivity index (χ3n) is 12.9. The van der Waals surface area contributed by atoms with Gasteiger partial charge in [-0.1, -0.05) is 98.1 Å². The van der Waals surface area contributed by atoms with Crippen molar-refractivity contribution in [2.24, 2.45) is 0 Å². The molecular weight excluding hydrogens is 685 g/mol. The average Bonchev–Trinajstić information content (AvgIpc) is 3.83. The molecule has 5 aliphatic rings. The largest absolute Gasteiger partial charge is 0.457 e. The van der Waals surface area contributed by atoms with Gasteiger partial charge in [-0.15, -0.1) is 0 Å². The predicted octanol–water partition coefficient (Wildman–Crippen LogP) is 12.5. The molecule has 0 N–H and O–H groups in total. The average molecular weight is 730 g/mol. The highest BCUT2D eigenvalue weighted by Crippen LogP contribution is 2.61. The van der Waals surface area contributed by atoms with E-state index >= 15 is 0 Å². The first-order chi connectivity index (χ1) is 28.9. The summed E-state index contributed by atoms with van der Waals surface area (Å²) in [7, 11) is 0. The lowest BCUT2D eigenvalue weighted by Crippen LogP contribution is -2.38. The number of hydrogen-bond donors (Lipinski definition) is 0. The molecule has 272 valence electrons. The third-order valence-corrected chi connectivity index (χ3v) is 12.9. The van der Waals surface area contributed by atoms with Crippen molar-refractivity contribution in [2.45, 2.75) is 56.8 Å². The van der Waals surface area contributed by atoms with Crippen LogP contribution in [-0.2, 0) is 0 Å². The van der Waals surface area contributed by atoms with Crippen molar-refractivity contribution in [3.8, 4) is 17.3 Å². The first-order valence-electron chi connectivity index (χ1n) is 21.6. The maximum Gasteiger partial charge on any atom is 0.137 e. The number of rotatable bonds is 5. The number of anilines is 3. The van der Waals surface area contributed by atoms with Crippen LogP contribution in [-0.4, -0.2) is 22.3 Å². The van der Waals surface area contributed by atoms with Gasteiger partial charge in [-0.3, -0.25) is 4.57 Å². The lowest BCUT2D eigenvalue weighted by molar-refractivity contribution is 0.420. The molecule has 1 aliphatic heterocycles. The first kappa shape index (κ1) is 29.0. The van der Waals surface area contributed by atoms with Gasteiger partial charge < -0.3 is 14.5 Å². The van der Waals surface area contributed by atoms with E-state index in [1.165, 1.54) is 76.9 Å². The Hall–Kier alpha value is -6.33. The summed E-state index contributed by atoms with van der Waals surface area (Å²) in [5.41, 5.74) is 14.5. The van der Waals surface area contributed by atoms with E-state index in [1.807, 2.05) is 34.9 Å². The van der Waals surface area contributed by atoms with Crippen LogP contribution in [0.3, 0.4) is 0 Å². The molecule has 4 aliphatic carbocycles. The monoisotopic (exact) mass is 729 g/mol. The van der Waals surface area contributed by atoms with Crippen LogP contribution in [0.25, 0.3) is 27.6 Å². The van der Waals surface area contributed by atoms with Crippen molar-refractivity contribution in [2.75, 3.05) is 16.5 Å². The zero-order valence-corrected chi connectivity index (χ0v) is 31.0. The minimum atomic E-state index is -2.24. The zero-order valence-electron chi connectivity index (χ0n) is 34.0. The fourth-order valence-corrected chi connectivity index (χ4v) is 10.6. The smallest absolute Gasteiger partial charge is 0.137 e. The van der Waals surface area contributed by atoms with Crippen LogP contribution in [0.5, 0.6) is 11.5 Å². The fourth-order valence-electron chi connectivity index (χ4n) is 10.6. The number of pyridine rings is 1. The summed E-state index contributed by atoms with van der Waals surface area (Å²) in [4.78, 5) is 9.92. The molecule has 5 nitrogen and oxygen atoms in total. The second-order valence-electron chi connectivity index (χ2n) is 15.9. The number of para-hydroxylation sites is 1. The number of fused-ring (bicyclic) bond motifs is 4. The molecule has 0 spiro atoms.